The highest BCUT2D eigenvalue weighted by atomic mass is 31.2. The van der Waals surface area contributed by atoms with E-state index in [0.717, 1.165) is 102 Å². The number of hydrogen-bond donors (Lipinski definition) is 3. The molecule has 19 heteroatoms. The summed E-state index contributed by atoms with van der Waals surface area (Å²) >= 11 is 0. The van der Waals surface area contributed by atoms with Crippen LogP contribution in [-0.2, 0) is 65.4 Å². The van der Waals surface area contributed by atoms with Gasteiger partial charge in [0.15, 0.2) is 12.2 Å². The van der Waals surface area contributed by atoms with Crippen molar-refractivity contribution in [1.82, 2.24) is 0 Å². The molecule has 0 saturated carbocycles. The topological polar surface area (TPSA) is 237 Å². The summed E-state index contributed by atoms with van der Waals surface area (Å²) in [6, 6.07) is 0. The molecule has 0 aromatic carbocycles. The van der Waals surface area contributed by atoms with Crippen molar-refractivity contribution >= 4 is 39.5 Å². The van der Waals surface area contributed by atoms with Crippen LogP contribution in [0.2, 0.25) is 0 Å². The molecule has 3 unspecified atom stereocenters. The van der Waals surface area contributed by atoms with Gasteiger partial charge in [0.2, 0.25) is 0 Å². The number of unbranched alkanes of at least 4 members (excludes halogenated alkanes) is 58. The molecule has 0 aliphatic heterocycles. The van der Waals surface area contributed by atoms with Crippen molar-refractivity contribution < 1.29 is 80.2 Å². The zero-order valence-corrected chi connectivity index (χ0v) is 73.7. The number of carbonyl (C=O) groups excluding carboxylic acids is 4. The predicted molar refractivity (Wildman–Crippen MR) is 451 cm³/mol. The van der Waals surface area contributed by atoms with Crippen LogP contribution in [0.5, 0.6) is 0 Å². The molecule has 3 N–H and O–H groups in total. The van der Waals surface area contributed by atoms with E-state index in [9.17, 15) is 43.2 Å². The van der Waals surface area contributed by atoms with Crippen molar-refractivity contribution in [3.63, 3.8) is 0 Å². The number of ether oxygens (including phenoxy) is 4. The van der Waals surface area contributed by atoms with Gasteiger partial charge in [-0.15, -0.1) is 0 Å². The van der Waals surface area contributed by atoms with E-state index < -0.39 is 97.5 Å². The third-order valence-electron chi connectivity index (χ3n) is 21.6. The van der Waals surface area contributed by atoms with Crippen molar-refractivity contribution in [3.8, 4) is 0 Å². The summed E-state index contributed by atoms with van der Waals surface area (Å²) in [5.41, 5.74) is 0. The lowest BCUT2D eigenvalue weighted by Gasteiger charge is -2.21. The first-order chi connectivity index (χ1) is 52.9. The van der Waals surface area contributed by atoms with Crippen molar-refractivity contribution in [2.75, 3.05) is 39.6 Å². The molecule has 109 heavy (non-hydrogen) atoms. The number of aliphatic hydroxyl groups excluding tert-OH is 1. The van der Waals surface area contributed by atoms with Gasteiger partial charge in [-0.25, -0.2) is 9.13 Å². The summed E-state index contributed by atoms with van der Waals surface area (Å²) < 4.78 is 69.0. The Morgan fingerprint density at radius 1 is 0.266 bits per heavy atom. The molecule has 0 saturated heterocycles. The molecule has 0 aliphatic rings. The van der Waals surface area contributed by atoms with Gasteiger partial charge in [0.1, 0.15) is 19.3 Å². The molecule has 0 rings (SSSR count). The van der Waals surface area contributed by atoms with Gasteiger partial charge in [-0.05, 0) is 37.5 Å². The molecule has 0 amide bonds. The normalized spacial score (nSPS) is 14.0. The van der Waals surface area contributed by atoms with E-state index in [1.807, 2.05) is 0 Å². The molecule has 648 valence electrons. The van der Waals surface area contributed by atoms with Gasteiger partial charge < -0.3 is 33.8 Å². The van der Waals surface area contributed by atoms with Crippen molar-refractivity contribution in [3.05, 3.63) is 0 Å². The van der Waals surface area contributed by atoms with Gasteiger partial charge in [-0.3, -0.25) is 37.3 Å². The first-order valence-electron chi connectivity index (χ1n) is 46.5. The second kappa shape index (κ2) is 81.2. The van der Waals surface area contributed by atoms with Crippen molar-refractivity contribution in [2.24, 2.45) is 11.8 Å². The number of phosphoric ester groups is 2. The number of hydrogen-bond acceptors (Lipinski definition) is 15. The largest absolute Gasteiger partial charge is 0.472 e. The maximum Gasteiger partial charge on any atom is 0.472 e. The average molecular weight is 1590 g/mol. The van der Waals surface area contributed by atoms with Crippen LogP contribution in [0.15, 0.2) is 0 Å². The van der Waals surface area contributed by atoms with Gasteiger partial charge in [0.25, 0.3) is 0 Å². The van der Waals surface area contributed by atoms with Crippen LogP contribution in [0.25, 0.3) is 0 Å². The summed E-state index contributed by atoms with van der Waals surface area (Å²) in [6.45, 7) is 9.73. The molecule has 6 atom stereocenters. The van der Waals surface area contributed by atoms with Crippen LogP contribution in [0.1, 0.15) is 485 Å². The highest BCUT2D eigenvalue weighted by Crippen LogP contribution is 2.45. The van der Waals surface area contributed by atoms with Gasteiger partial charge in [0.05, 0.1) is 26.4 Å². The average Bonchev–Trinajstić information content (AvgIpc) is 0.900. The molecular weight excluding hydrogens is 1410 g/mol. The van der Waals surface area contributed by atoms with Gasteiger partial charge in [0, 0.05) is 25.7 Å². The first kappa shape index (κ1) is 107. The minimum atomic E-state index is -4.97. The van der Waals surface area contributed by atoms with E-state index in [1.54, 1.807) is 0 Å². The maximum atomic E-state index is 13.2. The standard InChI is InChI=1S/C90H176O17P2/c1-7-10-12-14-16-18-20-22-24-25-26-27-28-29-34-37-41-45-49-57-63-69-75-90(95)106-85(78-100-87(92)72-66-60-54-47-43-40-36-33-31-30-32-35-38-42-46-52-58-64-70-82(4)5)80-104-108(96,97)102-76-84(91)77-103-109(98,99)105-81-86(79-101-88(93)73-67-61-55-51-50-53-59-65-71-83(6)9-3)107-89(94)74-68-62-56-48-44-39-23-21-19-17-15-13-11-8-2/h82-86,91H,7-81H2,1-6H3,(H,96,97)(H,98,99)/t83?,84-,85-,86-/m1/s1. The Bertz CT molecular complexity index is 2080. The molecule has 0 heterocycles. The summed E-state index contributed by atoms with van der Waals surface area (Å²) in [5.74, 6) is -0.497. The molecule has 0 aromatic heterocycles. The van der Waals surface area contributed by atoms with Gasteiger partial charge in [-0.1, -0.05) is 433 Å². The smallest absolute Gasteiger partial charge is 0.462 e. The maximum absolute atomic E-state index is 13.2. The molecule has 0 spiro atoms. The Labute approximate surface area is 670 Å². The van der Waals surface area contributed by atoms with Crippen LogP contribution >= 0.6 is 15.6 Å². The van der Waals surface area contributed by atoms with Crippen LogP contribution in [0.4, 0.5) is 0 Å². The Balaban J connectivity index is 5.23. The third-order valence-corrected chi connectivity index (χ3v) is 23.5. The lowest BCUT2D eigenvalue weighted by Crippen LogP contribution is -2.30. The molecule has 0 aliphatic carbocycles. The zero-order chi connectivity index (χ0) is 79.9. The summed E-state index contributed by atoms with van der Waals surface area (Å²) in [5, 5.41) is 10.7. The van der Waals surface area contributed by atoms with Gasteiger partial charge >= 0.3 is 39.5 Å². The highest BCUT2D eigenvalue weighted by Gasteiger charge is 2.31. The predicted octanol–water partition coefficient (Wildman–Crippen LogP) is 27.8. The van der Waals surface area contributed by atoms with E-state index in [4.69, 9.17) is 37.0 Å². The van der Waals surface area contributed by atoms with Crippen LogP contribution < -0.4 is 0 Å². The number of aliphatic hydroxyl groups is 1. The Kier molecular flexibility index (Phi) is 79.8. The van der Waals surface area contributed by atoms with E-state index >= 15 is 0 Å². The minimum absolute atomic E-state index is 0.108. The molecule has 0 aromatic rings. The number of carbonyl (C=O) groups is 4. The number of phosphoric acid groups is 2. The van der Waals surface area contributed by atoms with Crippen LogP contribution in [-0.4, -0.2) is 96.7 Å². The van der Waals surface area contributed by atoms with Crippen LogP contribution in [0.3, 0.4) is 0 Å². The Hall–Kier alpha value is -1.94. The Morgan fingerprint density at radius 3 is 0.697 bits per heavy atom. The first-order valence-corrected chi connectivity index (χ1v) is 49.5. The quantitative estimate of drug-likeness (QED) is 0.0222. The lowest BCUT2D eigenvalue weighted by molar-refractivity contribution is -0.161. The van der Waals surface area contributed by atoms with E-state index in [0.29, 0.717) is 25.7 Å². The second-order valence-electron chi connectivity index (χ2n) is 33.1. The SMILES string of the molecule is CCCCCCCCCCCCCCCCCCCCCCCCC(=O)O[C@H](COC(=O)CCCCCCCCCCCCCCCCCCCCC(C)C)COP(=O)(O)OC[C@@H](O)COP(=O)(O)OC[C@@H](COC(=O)CCCCCCCCCCC(C)CC)OC(=O)CCCCCCCCCCCCCCCC. The summed E-state index contributed by atoms with van der Waals surface area (Å²) in [7, 11) is -9.93. The minimum Gasteiger partial charge on any atom is -0.462 e. The molecule has 0 bridgehead atoms. The monoisotopic (exact) mass is 1590 g/mol. The van der Waals surface area contributed by atoms with Gasteiger partial charge in [-0.2, -0.15) is 0 Å². The molecule has 17 nitrogen and oxygen atoms in total. The summed E-state index contributed by atoms with van der Waals surface area (Å²) in [6.07, 6.45) is 75.1. The lowest BCUT2D eigenvalue weighted by atomic mass is 9.99. The fraction of sp³-hybridized carbons (Fsp3) is 0.956. The van der Waals surface area contributed by atoms with E-state index in [2.05, 4.69) is 41.5 Å². The Morgan fingerprint density at radius 2 is 0.468 bits per heavy atom. The fourth-order valence-electron chi connectivity index (χ4n) is 14.1. The van der Waals surface area contributed by atoms with Crippen LogP contribution in [0, 0.1) is 11.8 Å². The third kappa shape index (κ3) is 82.4. The molecule has 0 radical (unpaired) electrons. The molecule has 0 fully saturated rings. The second-order valence-corrected chi connectivity index (χ2v) is 36.0. The number of esters is 4. The van der Waals surface area contributed by atoms with Crippen molar-refractivity contribution in [2.45, 2.75) is 503 Å². The van der Waals surface area contributed by atoms with Crippen molar-refractivity contribution in [1.29, 1.82) is 0 Å². The van der Waals surface area contributed by atoms with E-state index in [-0.39, 0.29) is 25.7 Å². The van der Waals surface area contributed by atoms with E-state index in [1.165, 1.54) is 302 Å². The zero-order valence-electron chi connectivity index (χ0n) is 71.9. The highest BCUT2D eigenvalue weighted by molar-refractivity contribution is 7.47. The fourth-order valence-corrected chi connectivity index (χ4v) is 15.7. The summed E-state index contributed by atoms with van der Waals surface area (Å²) in [4.78, 5) is 73.4. The number of rotatable bonds is 89. The molecular formula is C90H176O17P2.